The van der Waals surface area contributed by atoms with Gasteiger partial charge in [0.15, 0.2) is 5.13 Å². The average molecular weight is 308 g/mol. The van der Waals surface area contributed by atoms with Crippen molar-refractivity contribution in [3.8, 4) is 10.6 Å². The van der Waals surface area contributed by atoms with E-state index < -0.39 is 0 Å². The molecule has 0 saturated heterocycles. The standard InChI is InChI=1S/C13H16N4OS2/c1-3-9-16-10-8(19-9)6-5-7-11(10)20-13(15-7)17-12(18)14-4-2/h3-6H2,1-2H3,(H2,14,15,17,18). The monoisotopic (exact) mass is 308 g/mol. The third-order valence-corrected chi connectivity index (χ3v) is 5.38. The van der Waals surface area contributed by atoms with Gasteiger partial charge in [0.05, 0.1) is 21.3 Å². The van der Waals surface area contributed by atoms with E-state index in [0.717, 1.165) is 35.5 Å². The third-order valence-electron chi connectivity index (χ3n) is 3.10. The highest BCUT2D eigenvalue weighted by Crippen LogP contribution is 2.41. The molecule has 3 rings (SSSR count). The topological polar surface area (TPSA) is 66.9 Å². The smallest absolute Gasteiger partial charge is 0.321 e. The number of hydrogen-bond acceptors (Lipinski definition) is 5. The van der Waals surface area contributed by atoms with Crippen molar-refractivity contribution in [2.45, 2.75) is 33.1 Å². The zero-order chi connectivity index (χ0) is 14.1. The molecule has 1 aliphatic carbocycles. The second-order valence-corrected chi connectivity index (χ2v) is 6.68. The molecule has 0 fully saturated rings. The van der Waals surface area contributed by atoms with Gasteiger partial charge in [-0.15, -0.1) is 11.3 Å². The van der Waals surface area contributed by atoms with Gasteiger partial charge < -0.3 is 5.32 Å². The molecular weight excluding hydrogens is 292 g/mol. The minimum Gasteiger partial charge on any atom is -0.338 e. The van der Waals surface area contributed by atoms with Crippen molar-refractivity contribution >= 4 is 33.8 Å². The number of aromatic nitrogens is 2. The zero-order valence-electron chi connectivity index (χ0n) is 11.4. The van der Waals surface area contributed by atoms with E-state index >= 15 is 0 Å². The first kappa shape index (κ1) is 13.5. The normalized spacial score (nSPS) is 12.7. The predicted molar refractivity (Wildman–Crippen MR) is 82.7 cm³/mol. The average Bonchev–Trinajstić information content (AvgIpc) is 3.00. The first-order valence-electron chi connectivity index (χ1n) is 6.74. The highest BCUT2D eigenvalue weighted by molar-refractivity contribution is 7.19. The number of rotatable bonds is 3. The van der Waals surface area contributed by atoms with E-state index in [-0.39, 0.29) is 6.03 Å². The van der Waals surface area contributed by atoms with Crippen molar-refractivity contribution in [3.05, 3.63) is 15.6 Å². The fourth-order valence-corrected chi connectivity index (χ4v) is 4.29. The van der Waals surface area contributed by atoms with Crippen LogP contribution >= 0.6 is 22.7 Å². The van der Waals surface area contributed by atoms with Crippen molar-refractivity contribution in [1.82, 2.24) is 15.3 Å². The number of nitrogens with one attached hydrogen (secondary N) is 2. The van der Waals surface area contributed by atoms with Crippen LogP contribution in [0.3, 0.4) is 0 Å². The lowest BCUT2D eigenvalue weighted by atomic mass is 10.1. The molecule has 0 spiro atoms. The molecule has 20 heavy (non-hydrogen) atoms. The van der Waals surface area contributed by atoms with Crippen LogP contribution in [0.5, 0.6) is 0 Å². The van der Waals surface area contributed by atoms with Crippen molar-refractivity contribution < 1.29 is 4.79 Å². The minimum atomic E-state index is -0.202. The van der Waals surface area contributed by atoms with Crippen LogP contribution in [0.1, 0.15) is 29.4 Å². The van der Waals surface area contributed by atoms with E-state index in [0.29, 0.717) is 11.7 Å². The summed E-state index contributed by atoms with van der Waals surface area (Å²) in [6.07, 6.45) is 2.90. The summed E-state index contributed by atoms with van der Waals surface area (Å²) in [5, 5.41) is 7.32. The van der Waals surface area contributed by atoms with E-state index in [4.69, 9.17) is 4.98 Å². The van der Waals surface area contributed by atoms with Gasteiger partial charge in [0.25, 0.3) is 0 Å². The molecule has 2 aromatic rings. The molecule has 0 atom stereocenters. The summed E-state index contributed by atoms with van der Waals surface area (Å²) in [7, 11) is 0. The van der Waals surface area contributed by atoms with Crippen molar-refractivity contribution in [2.24, 2.45) is 0 Å². The maximum atomic E-state index is 11.6. The quantitative estimate of drug-likeness (QED) is 0.915. The van der Waals surface area contributed by atoms with Gasteiger partial charge in [0.2, 0.25) is 0 Å². The van der Waals surface area contributed by atoms with Crippen LogP contribution in [0, 0.1) is 0 Å². The lowest BCUT2D eigenvalue weighted by Crippen LogP contribution is -2.28. The fraction of sp³-hybridized carbons (Fsp3) is 0.462. The second-order valence-electron chi connectivity index (χ2n) is 4.51. The molecule has 1 aliphatic rings. The van der Waals surface area contributed by atoms with Crippen LogP contribution in [0.15, 0.2) is 0 Å². The largest absolute Gasteiger partial charge is 0.338 e. The van der Waals surface area contributed by atoms with E-state index in [9.17, 15) is 4.79 Å². The van der Waals surface area contributed by atoms with E-state index in [1.54, 1.807) is 11.3 Å². The lowest BCUT2D eigenvalue weighted by Gasteiger charge is -2.07. The molecule has 0 bridgehead atoms. The Bertz CT molecular complexity index is 647. The Hall–Kier alpha value is -1.47. The second kappa shape index (κ2) is 5.49. The molecule has 0 unspecified atom stereocenters. The fourth-order valence-electron chi connectivity index (χ4n) is 2.19. The van der Waals surface area contributed by atoms with Crippen LogP contribution in [-0.2, 0) is 19.3 Å². The summed E-state index contributed by atoms with van der Waals surface area (Å²) in [6, 6.07) is -0.202. The van der Waals surface area contributed by atoms with Crippen molar-refractivity contribution in [3.63, 3.8) is 0 Å². The van der Waals surface area contributed by atoms with Crippen molar-refractivity contribution in [2.75, 3.05) is 11.9 Å². The molecule has 2 N–H and O–H groups in total. The molecule has 0 aliphatic heterocycles. The molecule has 0 aromatic carbocycles. The highest BCUT2D eigenvalue weighted by atomic mass is 32.1. The Kier molecular flexibility index (Phi) is 3.71. The maximum absolute atomic E-state index is 11.6. The first-order valence-corrected chi connectivity index (χ1v) is 8.38. The van der Waals surface area contributed by atoms with E-state index in [2.05, 4.69) is 22.5 Å². The number of anilines is 1. The summed E-state index contributed by atoms with van der Waals surface area (Å²) >= 11 is 3.32. The molecular formula is C13H16N4OS2. The number of aryl methyl sites for hydroxylation is 3. The summed E-state index contributed by atoms with van der Waals surface area (Å²) in [5.41, 5.74) is 2.14. The summed E-state index contributed by atoms with van der Waals surface area (Å²) in [5.74, 6) is 0. The number of amides is 2. The van der Waals surface area contributed by atoms with Crippen LogP contribution in [-0.4, -0.2) is 22.5 Å². The molecule has 0 radical (unpaired) electrons. The predicted octanol–water partition coefficient (Wildman–Crippen LogP) is 3.07. The van der Waals surface area contributed by atoms with Gasteiger partial charge in [0.1, 0.15) is 0 Å². The zero-order valence-corrected chi connectivity index (χ0v) is 13.1. The Morgan fingerprint density at radius 3 is 2.85 bits per heavy atom. The number of fused-ring (bicyclic) bond motifs is 3. The molecule has 2 amide bonds. The van der Waals surface area contributed by atoms with Crippen LogP contribution in [0.4, 0.5) is 9.93 Å². The van der Waals surface area contributed by atoms with E-state index in [1.165, 1.54) is 21.2 Å². The van der Waals surface area contributed by atoms with Crippen LogP contribution in [0.25, 0.3) is 10.6 Å². The molecule has 2 heterocycles. The highest BCUT2D eigenvalue weighted by Gasteiger charge is 2.24. The maximum Gasteiger partial charge on any atom is 0.321 e. The molecule has 0 saturated carbocycles. The molecule has 5 nitrogen and oxygen atoms in total. The van der Waals surface area contributed by atoms with Crippen LogP contribution in [0.2, 0.25) is 0 Å². The summed E-state index contributed by atoms with van der Waals surface area (Å²) in [6.45, 7) is 4.62. The molecule has 2 aromatic heterocycles. The number of hydrogen-bond donors (Lipinski definition) is 2. The van der Waals surface area contributed by atoms with Gasteiger partial charge in [0, 0.05) is 11.4 Å². The Morgan fingerprint density at radius 2 is 2.10 bits per heavy atom. The summed E-state index contributed by atoms with van der Waals surface area (Å²) < 4.78 is 0. The number of carbonyl (C=O) groups is 1. The van der Waals surface area contributed by atoms with Gasteiger partial charge >= 0.3 is 6.03 Å². The van der Waals surface area contributed by atoms with Gasteiger partial charge in [-0.2, -0.15) is 0 Å². The summed E-state index contributed by atoms with van der Waals surface area (Å²) in [4.78, 5) is 23.2. The minimum absolute atomic E-state index is 0.202. The molecule has 7 heteroatoms. The number of carbonyl (C=O) groups excluding carboxylic acids is 1. The first-order chi connectivity index (χ1) is 9.71. The number of urea groups is 1. The van der Waals surface area contributed by atoms with Crippen molar-refractivity contribution in [1.29, 1.82) is 0 Å². The Labute approximate surface area is 125 Å². The van der Waals surface area contributed by atoms with E-state index in [1.807, 2.05) is 6.92 Å². The van der Waals surface area contributed by atoms with Gasteiger partial charge in [-0.05, 0) is 26.2 Å². The SMILES string of the molecule is CCNC(=O)Nc1nc2c(s1)-c1nc(CC)sc1CC2. The number of thiazole rings is 2. The Balaban J connectivity index is 1.89. The van der Waals surface area contributed by atoms with Gasteiger partial charge in [-0.1, -0.05) is 18.3 Å². The van der Waals surface area contributed by atoms with Crippen LogP contribution < -0.4 is 10.6 Å². The molecule has 106 valence electrons. The lowest BCUT2D eigenvalue weighted by molar-refractivity contribution is 0.252. The Morgan fingerprint density at radius 1 is 1.25 bits per heavy atom. The van der Waals surface area contributed by atoms with Gasteiger partial charge in [-0.3, -0.25) is 5.32 Å². The number of nitrogens with zero attached hydrogens (tertiary/aromatic N) is 2. The third kappa shape index (κ3) is 2.43. The van der Waals surface area contributed by atoms with Gasteiger partial charge in [-0.25, -0.2) is 14.8 Å².